The minimum absolute atomic E-state index is 0.0608. The monoisotopic (exact) mass is 400 g/mol. The molecule has 0 saturated carbocycles. The predicted molar refractivity (Wildman–Crippen MR) is 113 cm³/mol. The number of anilines is 1. The molecule has 2 unspecified atom stereocenters. The summed E-state index contributed by atoms with van der Waals surface area (Å²) in [5.41, 5.74) is 1.79. The first-order valence-corrected chi connectivity index (χ1v) is 10.6. The van der Waals surface area contributed by atoms with Gasteiger partial charge in [0.15, 0.2) is 0 Å². The first-order chi connectivity index (χ1) is 13.4. The summed E-state index contributed by atoms with van der Waals surface area (Å²) in [6.45, 7) is 10.2. The molecular weight excluding hydrogens is 372 g/mol. The number of hydrogen-bond donors (Lipinski definition) is 1. The summed E-state index contributed by atoms with van der Waals surface area (Å²) in [7, 11) is 0. The number of morpholine rings is 1. The van der Waals surface area contributed by atoms with Crippen molar-refractivity contribution in [3.8, 4) is 0 Å². The zero-order chi connectivity index (χ0) is 20.1. The maximum Gasteiger partial charge on any atom is 0.254 e. The molecule has 2 aromatic rings. The summed E-state index contributed by atoms with van der Waals surface area (Å²) in [4.78, 5) is 14.6. The van der Waals surface area contributed by atoms with Gasteiger partial charge in [-0.15, -0.1) is 22.0 Å². The van der Waals surface area contributed by atoms with E-state index in [9.17, 15) is 4.79 Å². The number of ether oxygens (including phenoxy) is 1. The van der Waals surface area contributed by atoms with E-state index >= 15 is 0 Å². The molecule has 1 aliphatic rings. The van der Waals surface area contributed by atoms with Crippen LogP contribution in [0.3, 0.4) is 0 Å². The van der Waals surface area contributed by atoms with E-state index in [1.54, 1.807) is 11.8 Å². The lowest BCUT2D eigenvalue weighted by Gasteiger charge is -2.35. The zero-order valence-corrected chi connectivity index (χ0v) is 17.7. The van der Waals surface area contributed by atoms with Crippen molar-refractivity contribution in [2.45, 2.75) is 56.7 Å². The van der Waals surface area contributed by atoms with Crippen molar-refractivity contribution in [1.29, 1.82) is 0 Å². The fourth-order valence-electron chi connectivity index (χ4n) is 3.20. The van der Waals surface area contributed by atoms with E-state index in [0.717, 1.165) is 16.4 Å². The van der Waals surface area contributed by atoms with E-state index < -0.39 is 0 Å². The van der Waals surface area contributed by atoms with Crippen molar-refractivity contribution in [1.82, 2.24) is 15.1 Å². The molecule has 2 heterocycles. The lowest BCUT2D eigenvalue weighted by atomic mass is 10.1. The Kier molecular flexibility index (Phi) is 6.91. The second-order valence-electron chi connectivity index (χ2n) is 7.44. The number of aromatic nitrogens is 2. The number of nitrogens with one attached hydrogen (secondary N) is 1. The number of nitrogens with zero attached hydrogens (tertiary/aromatic N) is 3. The molecule has 1 aliphatic heterocycles. The number of hydrogen-bond acceptors (Lipinski definition) is 6. The topological polar surface area (TPSA) is 67.4 Å². The number of rotatable bonds is 6. The molecule has 2 atom stereocenters. The Morgan fingerprint density at radius 1 is 1.14 bits per heavy atom. The predicted octanol–water partition coefficient (Wildman–Crippen LogP) is 3.84. The molecule has 1 saturated heterocycles. The zero-order valence-electron chi connectivity index (χ0n) is 16.9. The maximum atomic E-state index is 12.7. The number of benzene rings is 1. The van der Waals surface area contributed by atoms with Gasteiger partial charge < -0.3 is 15.0 Å². The number of carbonyl (C=O) groups is 1. The third-order valence-electron chi connectivity index (χ3n) is 4.38. The normalized spacial score (nSPS) is 19.7. The minimum Gasteiger partial charge on any atom is -0.372 e. The van der Waals surface area contributed by atoms with E-state index in [1.165, 1.54) is 0 Å². The van der Waals surface area contributed by atoms with Crippen molar-refractivity contribution < 1.29 is 9.53 Å². The van der Waals surface area contributed by atoms with Crippen LogP contribution in [0.15, 0.2) is 41.4 Å². The highest BCUT2D eigenvalue weighted by Crippen LogP contribution is 2.20. The van der Waals surface area contributed by atoms with Crippen LogP contribution in [0.2, 0.25) is 0 Å². The van der Waals surface area contributed by atoms with E-state index in [1.807, 2.05) is 55.1 Å². The Morgan fingerprint density at radius 2 is 1.82 bits per heavy atom. The first kappa shape index (κ1) is 20.6. The Labute approximate surface area is 171 Å². The van der Waals surface area contributed by atoms with E-state index in [0.29, 0.717) is 30.4 Å². The molecule has 1 aromatic carbocycles. The Hall–Kier alpha value is -2.12. The van der Waals surface area contributed by atoms with Crippen LogP contribution < -0.4 is 5.32 Å². The van der Waals surface area contributed by atoms with Crippen molar-refractivity contribution in [3.63, 3.8) is 0 Å². The number of carbonyl (C=O) groups excluding carboxylic acids is 1. The fraction of sp³-hybridized carbons (Fsp3) is 0.476. The van der Waals surface area contributed by atoms with Gasteiger partial charge in [-0.2, -0.15) is 0 Å². The van der Waals surface area contributed by atoms with Gasteiger partial charge in [-0.3, -0.25) is 4.79 Å². The summed E-state index contributed by atoms with van der Waals surface area (Å²) < 4.78 is 5.71. The molecule has 1 fully saturated rings. The summed E-state index contributed by atoms with van der Waals surface area (Å²) in [5, 5.41) is 13.1. The standard InChI is InChI=1S/C21H28N4O2S/c1-14(2)28-20-10-9-19(23-24-20)22-11-17-5-7-18(8-6-17)21(26)25-12-15(3)27-16(4)13-25/h5-10,14-16H,11-13H2,1-4H3,(H,22,23). The van der Waals surface area contributed by atoms with Crippen molar-refractivity contribution in [3.05, 3.63) is 47.5 Å². The molecule has 0 bridgehead atoms. The highest BCUT2D eigenvalue weighted by molar-refractivity contribution is 7.99. The smallest absolute Gasteiger partial charge is 0.254 e. The Morgan fingerprint density at radius 3 is 2.39 bits per heavy atom. The lowest BCUT2D eigenvalue weighted by molar-refractivity contribution is -0.0586. The van der Waals surface area contributed by atoms with Crippen LogP contribution in [-0.4, -0.2) is 51.6 Å². The van der Waals surface area contributed by atoms with Crippen molar-refractivity contribution >= 4 is 23.5 Å². The molecule has 3 rings (SSSR count). The quantitative estimate of drug-likeness (QED) is 0.743. The maximum absolute atomic E-state index is 12.7. The third-order valence-corrected chi connectivity index (χ3v) is 5.31. The average molecular weight is 401 g/mol. The van der Waals surface area contributed by atoms with E-state index in [-0.39, 0.29) is 18.1 Å². The Balaban J connectivity index is 1.55. The molecule has 1 aromatic heterocycles. The molecule has 0 radical (unpaired) electrons. The van der Waals surface area contributed by atoms with Gasteiger partial charge in [0.2, 0.25) is 0 Å². The van der Waals surface area contributed by atoms with Crippen LogP contribution in [0.5, 0.6) is 0 Å². The molecule has 7 heteroatoms. The fourth-order valence-corrected chi connectivity index (χ4v) is 3.92. The first-order valence-electron chi connectivity index (χ1n) is 9.68. The van der Waals surface area contributed by atoms with Crippen LogP contribution in [0.25, 0.3) is 0 Å². The molecule has 1 N–H and O–H groups in total. The van der Waals surface area contributed by atoms with Crippen LogP contribution in [-0.2, 0) is 11.3 Å². The number of amides is 1. The largest absolute Gasteiger partial charge is 0.372 e. The number of thioether (sulfide) groups is 1. The van der Waals surface area contributed by atoms with Gasteiger partial charge >= 0.3 is 0 Å². The van der Waals surface area contributed by atoms with Gasteiger partial charge in [0, 0.05) is 30.4 Å². The summed E-state index contributed by atoms with van der Waals surface area (Å²) in [5.74, 6) is 0.801. The van der Waals surface area contributed by atoms with Crippen molar-refractivity contribution in [2.24, 2.45) is 0 Å². The van der Waals surface area contributed by atoms with Gasteiger partial charge in [0.05, 0.1) is 12.2 Å². The van der Waals surface area contributed by atoms with E-state index in [4.69, 9.17) is 4.74 Å². The van der Waals surface area contributed by atoms with Gasteiger partial charge in [0.25, 0.3) is 5.91 Å². The molecule has 28 heavy (non-hydrogen) atoms. The van der Waals surface area contributed by atoms with Crippen LogP contribution in [0.1, 0.15) is 43.6 Å². The molecular formula is C21H28N4O2S. The van der Waals surface area contributed by atoms with Crippen molar-refractivity contribution in [2.75, 3.05) is 18.4 Å². The lowest BCUT2D eigenvalue weighted by Crippen LogP contribution is -2.48. The molecule has 150 valence electrons. The highest BCUT2D eigenvalue weighted by atomic mass is 32.2. The van der Waals surface area contributed by atoms with Gasteiger partial charge in [-0.05, 0) is 43.7 Å². The highest BCUT2D eigenvalue weighted by Gasteiger charge is 2.26. The van der Waals surface area contributed by atoms with Gasteiger partial charge in [-0.1, -0.05) is 26.0 Å². The SMILES string of the molecule is CC1CN(C(=O)c2ccc(CNc3ccc(SC(C)C)nn3)cc2)CC(C)O1. The molecule has 0 spiro atoms. The van der Waals surface area contributed by atoms with Gasteiger partial charge in [0.1, 0.15) is 10.8 Å². The molecule has 1 amide bonds. The molecule has 0 aliphatic carbocycles. The summed E-state index contributed by atoms with van der Waals surface area (Å²) in [6, 6.07) is 11.6. The van der Waals surface area contributed by atoms with E-state index in [2.05, 4.69) is 29.4 Å². The van der Waals surface area contributed by atoms with Crippen LogP contribution in [0.4, 0.5) is 5.82 Å². The summed E-state index contributed by atoms with van der Waals surface area (Å²) in [6.07, 6.45) is 0.144. The average Bonchev–Trinajstić information content (AvgIpc) is 2.66. The molecule has 6 nitrogen and oxygen atoms in total. The van der Waals surface area contributed by atoms with Crippen LogP contribution >= 0.6 is 11.8 Å². The van der Waals surface area contributed by atoms with Crippen LogP contribution in [0, 0.1) is 0 Å². The second kappa shape index (κ2) is 9.39. The van der Waals surface area contributed by atoms with Gasteiger partial charge in [-0.25, -0.2) is 0 Å². The minimum atomic E-state index is 0.0608. The summed E-state index contributed by atoms with van der Waals surface area (Å²) >= 11 is 1.69. The Bertz CT molecular complexity index is 770. The third kappa shape index (κ3) is 5.69. The second-order valence-corrected chi connectivity index (χ2v) is 9.04.